The van der Waals surface area contributed by atoms with Gasteiger partial charge in [0.1, 0.15) is 5.52 Å². The van der Waals surface area contributed by atoms with Crippen molar-refractivity contribution >= 4 is 22.8 Å². The van der Waals surface area contributed by atoms with Crippen molar-refractivity contribution in [1.29, 1.82) is 0 Å². The van der Waals surface area contributed by atoms with Crippen molar-refractivity contribution in [1.82, 2.24) is 10.3 Å². The molecule has 5 heteroatoms. The molecule has 0 unspecified atom stereocenters. The number of hydrogen-bond acceptors (Lipinski definition) is 5. The molecule has 0 radical (unpaired) electrons. The molecule has 0 atom stereocenters. The fourth-order valence-corrected chi connectivity index (χ4v) is 1.92. The van der Waals surface area contributed by atoms with Crippen LogP contribution >= 0.6 is 0 Å². The van der Waals surface area contributed by atoms with Crippen molar-refractivity contribution in [3.8, 4) is 0 Å². The summed E-state index contributed by atoms with van der Waals surface area (Å²) in [5, 5.41) is 3.30. The average molecular weight is 218 g/mol. The maximum absolute atomic E-state index is 5.71. The summed E-state index contributed by atoms with van der Waals surface area (Å²) in [5.41, 5.74) is 8.04. The first kappa shape index (κ1) is 9.47. The fraction of sp³-hybridized carbons (Fsp3) is 0.364. The summed E-state index contributed by atoms with van der Waals surface area (Å²) in [7, 11) is 0. The van der Waals surface area contributed by atoms with E-state index in [1.54, 1.807) is 0 Å². The summed E-state index contributed by atoms with van der Waals surface area (Å²) in [6.45, 7) is 3.81. The van der Waals surface area contributed by atoms with Crippen molar-refractivity contribution < 1.29 is 4.42 Å². The van der Waals surface area contributed by atoms with E-state index in [2.05, 4.69) is 15.2 Å². The highest BCUT2D eigenvalue weighted by molar-refractivity contribution is 5.78. The second-order valence-corrected chi connectivity index (χ2v) is 3.96. The Morgan fingerprint density at radius 2 is 2.12 bits per heavy atom. The molecular weight excluding hydrogens is 204 g/mol. The van der Waals surface area contributed by atoms with E-state index >= 15 is 0 Å². The van der Waals surface area contributed by atoms with Gasteiger partial charge in [0.2, 0.25) is 0 Å². The first-order chi connectivity index (χ1) is 7.83. The Hall–Kier alpha value is -1.75. The summed E-state index contributed by atoms with van der Waals surface area (Å²) >= 11 is 0. The molecule has 0 saturated carbocycles. The molecule has 1 aliphatic heterocycles. The van der Waals surface area contributed by atoms with Gasteiger partial charge in [0.25, 0.3) is 6.01 Å². The van der Waals surface area contributed by atoms with E-state index in [4.69, 9.17) is 10.2 Å². The van der Waals surface area contributed by atoms with Gasteiger partial charge in [-0.1, -0.05) is 0 Å². The molecule has 0 amide bonds. The van der Waals surface area contributed by atoms with Crippen LogP contribution in [0.4, 0.5) is 11.7 Å². The molecule has 5 nitrogen and oxygen atoms in total. The molecule has 1 fully saturated rings. The third-order valence-corrected chi connectivity index (χ3v) is 2.79. The van der Waals surface area contributed by atoms with Crippen LogP contribution in [-0.2, 0) is 0 Å². The number of nitrogens with zero attached hydrogens (tertiary/aromatic N) is 2. The van der Waals surface area contributed by atoms with E-state index in [0.717, 1.165) is 37.3 Å². The van der Waals surface area contributed by atoms with Crippen LogP contribution in [0.3, 0.4) is 0 Å². The zero-order chi connectivity index (χ0) is 11.0. The second-order valence-electron chi connectivity index (χ2n) is 3.96. The Kier molecular flexibility index (Phi) is 2.18. The Labute approximate surface area is 93.2 Å². The first-order valence-electron chi connectivity index (χ1n) is 5.45. The zero-order valence-corrected chi connectivity index (χ0v) is 8.94. The van der Waals surface area contributed by atoms with Crippen LogP contribution in [-0.4, -0.2) is 31.2 Å². The Morgan fingerprint density at radius 1 is 1.31 bits per heavy atom. The van der Waals surface area contributed by atoms with Gasteiger partial charge in [-0.3, -0.25) is 0 Å². The lowest BCUT2D eigenvalue weighted by molar-refractivity contribution is 0.517. The van der Waals surface area contributed by atoms with Gasteiger partial charge in [0, 0.05) is 31.9 Å². The second kappa shape index (κ2) is 3.68. The predicted octanol–water partition coefficient (Wildman–Crippen LogP) is 0.820. The largest absolute Gasteiger partial charge is 0.423 e. The maximum Gasteiger partial charge on any atom is 0.298 e. The highest BCUT2D eigenvalue weighted by atomic mass is 16.4. The first-order valence-corrected chi connectivity index (χ1v) is 5.45. The Bertz CT molecular complexity index is 502. The molecule has 2 heterocycles. The van der Waals surface area contributed by atoms with Crippen molar-refractivity contribution in [2.24, 2.45) is 0 Å². The third-order valence-electron chi connectivity index (χ3n) is 2.79. The lowest BCUT2D eigenvalue weighted by Crippen LogP contribution is -2.43. The Balaban J connectivity index is 1.97. The minimum atomic E-state index is 0.696. The fourth-order valence-electron chi connectivity index (χ4n) is 1.92. The number of fused-ring (bicyclic) bond motifs is 1. The van der Waals surface area contributed by atoms with E-state index in [9.17, 15) is 0 Å². The van der Waals surface area contributed by atoms with E-state index in [1.165, 1.54) is 0 Å². The normalized spacial score (nSPS) is 16.9. The minimum Gasteiger partial charge on any atom is -0.423 e. The number of rotatable bonds is 1. The molecule has 84 valence electrons. The maximum atomic E-state index is 5.71. The van der Waals surface area contributed by atoms with E-state index < -0.39 is 0 Å². The van der Waals surface area contributed by atoms with Gasteiger partial charge in [0.05, 0.1) is 0 Å². The number of nitrogens with one attached hydrogen (secondary N) is 1. The molecule has 0 aliphatic carbocycles. The number of nitrogens with two attached hydrogens (primary N) is 1. The molecule has 0 spiro atoms. The van der Waals surface area contributed by atoms with Gasteiger partial charge in [-0.15, -0.1) is 0 Å². The van der Waals surface area contributed by atoms with Gasteiger partial charge in [0.15, 0.2) is 5.58 Å². The summed E-state index contributed by atoms with van der Waals surface area (Å²) in [5.74, 6) is 0. The van der Waals surface area contributed by atoms with Gasteiger partial charge in [-0.2, -0.15) is 4.98 Å². The number of piperazine rings is 1. The molecular formula is C11H14N4O. The van der Waals surface area contributed by atoms with Crippen LogP contribution in [0.1, 0.15) is 0 Å². The van der Waals surface area contributed by atoms with Crippen LogP contribution in [0.5, 0.6) is 0 Å². The van der Waals surface area contributed by atoms with Gasteiger partial charge in [-0.25, -0.2) is 0 Å². The number of oxazole rings is 1. The topological polar surface area (TPSA) is 67.3 Å². The standard InChI is InChI=1S/C11H14N4O/c12-8-1-2-10-9(7-8)14-11(16-10)15-5-3-13-4-6-15/h1-2,7,13H,3-6,12H2. The van der Waals surface area contributed by atoms with E-state index in [0.29, 0.717) is 11.7 Å². The van der Waals surface area contributed by atoms with Crippen molar-refractivity contribution in [2.75, 3.05) is 36.8 Å². The molecule has 1 aromatic carbocycles. The van der Waals surface area contributed by atoms with Crippen LogP contribution in [0.2, 0.25) is 0 Å². The summed E-state index contributed by atoms with van der Waals surface area (Å²) in [6, 6.07) is 6.23. The summed E-state index contributed by atoms with van der Waals surface area (Å²) in [6.07, 6.45) is 0. The minimum absolute atomic E-state index is 0.696. The number of nitrogen functional groups attached to an aromatic ring is 1. The highest BCUT2D eigenvalue weighted by Gasteiger charge is 2.16. The van der Waals surface area contributed by atoms with Gasteiger partial charge < -0.3 is 20.4 Å². The number of anilines is 2. The van der Waals surface area contributed by atoms with Crippen LogP contribution in [0.25, 0.3) is 11.1 Å². The van der Waals surface area contributed by atoms with E-state index in [-0.39, 0.29) is 0 Å². The summed E-state index contributed by atoms with van der Waals surface area (Å²) < 4.78 is 5.69. The zero-order valence-electron chi connectivity index (χ0n) is 8.94. The van der Waals surface area contributed by atoms with Crippen molar-refractivity contribution in [3.05, 3.63) is 18.2 Å². The average Bonchev–Trinajstić information content (AvgIpc) is 2.73. The monoisotopic (exact) mass is 218 g/mol. The molecule has 3 rings (SSSR count). The number of aromatic nitrogens is 1. The van der Waals surface area contributed by atoms with Gasteiger partial charge >= 0.3 is 0 Å². The highest BCUT2D eigenvalue weighted by Crippen LogP contribution is 2.23. The molecule has 0 bridgehead atoms. The number of benzene rings is 1. The third kappa shape index (κ3) is 1.59. The quantitative estimate of drug-likeness (QED) is 0.694. The van der Waals surface area contributed by atoms with Crippen molar-refractivity contribution in [2.45, 2.75) is 0 Å². The van der Waals surface area contributed by atoms with Crippen LogP contribution in [0.15, 0.2) is 22.6 Å². The summed E-state index contributed by atoms with van der Waals surface area (Å²) in [4.78, 5) is 6.59. The SMILES string of the molecule is Nc1ccc2oc(N3CCNCC3)nc2c1. The van der Waals surface area contributed by atoms with Crippen LogP contribution < -0.4 is 16.0 Å². The van der Waals surface area contributed by atoms with Crippen molar-refractivity contribution in [3.63, 3.8) is 0 Å². The van der Waals surface area contributed by atoms with Gasteiger partial charge in [-0.05, 0) is 18.2 Å². The Morgan fingerprint density at radius 3 is 2.94 bits per heavy atom. The predicted molar refractivity (Wildman–Crippen MR) is 63.5 cm³/mol. The molecule has 1 saturated heterocycles. The van der Waals surface area contributed by atoms with E-state index in [1.807, 2.05) is 18.2 Å². The van der Waals surface area contributed by atoms with Crippen LogP contribution in [0, 0.1) is 0 Å². The lowest BCUT2D eigenvalue weighted by Gasteiger charge is -2.25. The number of hydrogen-bond donors (Lipinski definition) is 2. The smallest absolute Gasteiger partial charge is 0.298 e. The molecule has 2 aromatic rings. The molecule has 3 N–H and O–H groups in total. The molecule has 1 aliphatic rings. The lowest BCUT2D eigenvalue weighted by atomic mass is 10.3. The molecule has 16 heavy (non-hydrogen) atoms. The molecule has 1 aromatic heterocycles.